The number of ether oxygens (including phenoxy) is 1. The summed E-state index contributed by atoms with van der Waals surface area (Å²) >= 11 is 0. The Morgan fingerprint density at radius 3 is 2.72 bits per heavy atom. The molecule has 2 aromatic rings. The third-order valence-corrected chi connectivity index (χ3v) is 4.83. The van der Waals surface area contributed by atoms with Crippen LogP contribution >= 0.6 is 0 Å². The molecular weight excluding hydrogens is 318 g/mol. The SMILES string of the molecule is O=C(c1cccnc1)N1CCC2(C1)CN(c1ccccc1)C(=O)CO2. The van der Waals surface area contributed by atoms with Gasteiger partial charge in [0.15, 0.2) is 0 Å². The molecule has 0 saturated carbocycles. The van der Waals surface area contributed by atoms with Gasteiger partial charge in [-0.25, -0.2) is 0 Å². The Bertz CT molecular complexity index is 781. The predicted octanol–water partition coefficient (Wildman–Crippen LogP) is 1.73. The van der Waals surface area contributed by atoms with Crippen molar-refractivity contribution >= 4 is 17.5 Å². The van der Waals surface area contributed by atoms with Crippen molar-refractivity contribution < 1.29 is 14.3 Å². The van der Waals surface area contributed by atoms with Crippen LogP contribution in [0.1, 0.15) is 16.8 Å². The number of carbonyl (C=O) groups excluding carboxylic acids is 2. The van der Waals surface area contributed by atoms with E-state index in [4.69, 9.17) is 4.74 Å². The first-order chi connectivity index (χ1) is 12.2. The lowest BCUT2D eigenvalue weighted by molar-refractivity contribution is -0.137. The molecule has 2 aliphatic rings. The summed E-state index contributed by atoms with van der Waals surface area (Å²) in [4.78, 5) is 32.5. The average Bonchev–Trinajstić information content (AvgIpc) is 3.08. The molecule has 1 aromatic heterocycles. The summed E-state index contributed by atoms with van der Waals surface area (Å²) < 4.78 is 5.91. The molecule has 0 radical (unpaired) electrons. The number of amides is 2. The highest BCUT2D eigenvalue weighted by atomic mass is 16.5. The molecule has 1 atom stereocenters. The second-order valence-electron chi connectivity index (χ2n) is 6.51. The summed E-state index contributed by atoms with van der Waals surface area (Å²) in [5, 5.41) is 0. The Labute approximate surface area is 146 Å². The minimum Gasteiger partial charge on any atom is -0.361 e. The van der Waals surface area contributed by atoms with Gasteiger partial charge in [0, 0.05) is 24.6 Å². The number of nitrogens with zero attached hydrogens (tertiary/aromatic N) is 3. The predicted molar refractivity (Wildman–Crippen MR) is 92.2 cm³/mol. The number of likely N-dealkylation sites (tertiary alicyclic amines) is 1. The molecule has 6 heteroatoms. The molecule has 0 N–H and O–H groups in total. The first-order valence-corrected chi connectivity index (χ1v) is 8.36. The van der Waals surface area contributed by atoms with Crippen LogP contribution in [0.2, 0.25) is 0 Å². The van der Waals surface area contributed by atoms with Gasteiger partial charge in [-0.05, 0) is 30.7 Å². The van der Waals surface area contributed by atoms with E-state index in [1.54, 1.807) is 34.3 Å². The van der Waals surface area contributed by atoms with Crippen molar-refractivity contribution in [1.82, 2.24) is 9.88 Å². The summed E-state index contributed by atoms with van der Waals surface area (Å²) in [6, 6.07) is 13.1. The van der Waals surface area contributed by atoms with Crippen molar-refractivity contribution in [1.29, 1.82) is 0 Å². The van der Waals surface area contributed by atoms with E-state index in [0.717, 1.165) is 12.1 Å². The smallest absolute Gasteiger partial charge is 0.255 e. The van der Waals surface area contributed by atoms with E-state index in [1.807, 2.05) is 30.3 Å². The van der Waals surface area contributed by atoms with Crippen LogP contribution in [0.4, 0.5) is 5.69 Å². The topological polar surface area (TPSA) is 62.7 Å². The fraction of sp³-hybridized carbons (Fsp3) is 0.316. The van der Waals surface area contributed by atoms with Crippen LogP contribution in [0.15, 0.2) is 54.9 Å². The summed E-state index contributed by atoms with van der Waals surface area (Å²) in [7, 11) is 0. The average molecular weight is 337 g/mol. The van der Waals surface area contributed by atoms with Gasteiger partial charge in [0.05, 0.1) is 18.7 Å². The summed E-state index contributed by atoms with van der Waals surface area (Å²) in [6.07, 6.45) is 3.94. The third kappa shape index (κ3) is 3.00. The maximum atomic E-state index is 12.6. The van der Waals surface area contributed by atoms with Crippen LogP contribution in [0.3, 0.4) is 0 Å². The quantitative estimate of drug-likeness (QED) is 0.837. The third-order valence-electron chi connectivity index (χ3n) is 4.83. The Hall–Kier alpha value is -2.73. The van der Waals surface area contributed by atoms with E-state index in [2.05, 4.69) is 4.98 Å². The lowest BCUT2D eigenvalue weighted by Gasteiger charge is -2.40. The number of anilines is 1. The van der Waals surface area contributed by atoms with Crippen LogP contribution < -0.4 is 4.90 Å². The second kappa shape index (κ2) is 6.29. The first-order valence-electron chi connectivity index (χ1n) is 8.36. The summed E-state index contributed by atoms with van der Waals surface area (Å²) in [5.41, 5.74) is 0.945. The Kier molecular flexibility index (Phi) is 3.97. The number of hydrogen-bond donors (Lipinski definition) is 0. The zero-order valence-corrected chi connectivity index (χ0v) is 13.8. The Morgan fingerprint density at radius 2 is 1.96 bits per heavy atom. The number of carbonyl (C=O) groups is 2. The molecule has 1 spiro atoms. The molecule has 2 aliphatic heterocycles. The van der Waals surface area contributed by atoms with Gasteiger partial charge in [0.25, 0.3) is 11.8 Å². The lowest BCUT2D eigenvalue weighted by Crippen LogP contribution is -2.56. The first kappa shape index (κ1) is 15.8. The maximum absolute atomic E-state index is 12.6. The minimum absolute atomic E-state index is 0.0447. The van der Waals surface area contributed by atoms with Gasteiger partial charge in [-0.3, -0.25) is 14.6 Å². The van der Waals surface area contributed by atoms with Crippen molar-refractivity contribution in [3.63, 3.8) is 0 Å². The Balaban J connectivity index is 1.51. The van der Waals surface area contributed by atoms with E-state index in [0.29, 0.717) is 25.2 Å². The monoisotopic (exact) mass is 337 g/mol. The van der Waals surface area contributed by atoms with Crippen molar-refractivity contribution in [2.24, 2.45) is 0 Å². The van der Waals surface area contributed by atoms with Gasteiger partial charge in [-0.15, -0.1) is 0 Å². The number of pyridine rings is 1. The minimum atomic E-state index is -0.498. The van der Waals surface area contributed by atoms with Crippen LogP contribution in [0.5, 0.6) is 0 Å². The molecule has 2 saturated heterocycles. The number of rotatable bonds is 2. The molecule has 25 heavy (non-hydrogen) atoms. The Morgan fingerprint density at radius 1 is 1.12 bits per heavy atom. The number of morpholine rings is 1. The van der Waals surface area contributed by atoms with Crippen LogP contribution in [0, 0.1) is 0 Å². The number of hydrogen-bond acceptors (Lipinski definition) is 4. The molecule has 2 amide bonds. The normalized spacial score (nSPS) is 23.3. The summed E-state index contributed by atoms with van der Waals surface area (Å²) in [5.74, 6) is -0.0920. The van der Waals surface area contributed by atoms with Crippen LogP contribution in [-0.2, 0) is 9.53 Å². The number of benzene rings is 1. The highest BCUT2D eigenvalue weighted by Gasteiger charge is 2.46. The van der Waals surface area contributed by atoms with Gasteiger partial charge in [-0.1, -0.05) is 18.2 Å². The van der Waals surface area contributed by atoms with Crippen molar-refractivity contribution in [3.05, 3.63) is 60.4 Å². The fourth-order valence-electron chi connectivity index (χ4n) is 3.49. The molecule has 0 aliphatic carbocycles. The van der Waals surface area contributed by atoms with Gasteiger partial charge in [0.1, 0.15) is 12.2 Å². The van der Waals surface area contributed by atoms with Crippen molar-refractivity contribution in [3.8, 4) is 0 Å². The molecule has 2 fully saturated rings. The molecule has 1 aromatic carbocycles. The van der Waals surface area contributed by atoms with Crippen LogP contribution in [0.25, 0.3) is 0 Å². The zero-order chi connectivity index (χ0) is 17.3. The molecule has 0 bridgehead atoms. The maximum Gasteiger partial charge on any atom is 0.255 e. The zero-order valence-electron chi connectivity index (χ0n) is 13.8. The highest BCUT2D eigenvalue weighted by molar-refractivity contribution is 5.96. The van der Waals surface area contributed by atoms with Gasteiger partial charge >= 0.3 is 0 Å². The van der Waals surface area contributed by atoms with Crippen molar-refractivity contribution in [2.45, 2.75) is 12.0 Å². The molecule has 128 valence electrons. The standard InChI is InChI=1S/C19H19N3O3/c23-17-12-25-19(14-22(17)16-6-2-1-3-7-16)8-10-21(13-19)18(24)15-5-4-9-20-11-15/h1-7,9,11H,8,10,12-14H2. The molecule has 4 rings (SSSR count). The van der Waals surface area contributed by atoms with Gasteiger partial charge < -0.3 is 14.5 Å². The van der Waals surface area contributed by atoms with E-state index < -0.39 is 5.60 Å². The second-order valence-corrected chi connectivity index (χ2v) is 6.51. The molecular formula is C19H19N3O3. The van der Waals surface area contributed by atoms with Gasteiger partial charge in [0.2, 0.25) is 0 Å². The van der Waals surface area contributed by atoms with E-state index >= 15 is 0 Å². The van der Waals surface area contributed by atoms with Crippen molar-refractivity contribution in [2.75, 3.05) is 31.1 Å². The molecule has 1 unspecified atom stereocenters. The van der Waals surface area contributed by atoms with Gasteiger partial charge in [-0.2, -0.15) is 0 Å². The molecule has 3 heterocycles. The van der Waals surface area contributed by atoms with E-state index in [1.165, 1.54) is 0 Å². The summed E-state index contributed by atoms with van der Waals surface area (Å²) in [6.45, 7) is 1.61. The van der Waals surface area contributed by atoms with Crippen LogP contribution in [-0.4, -0.2) is 53.5 Å². The van der Waals surface area contributed by atoms with E-state index in [9.17, 15) is 9.59 Å². The fourth-order valence-corrected chi connectivity index (χ4v) is 3.49. The lowest BCUT2D eigenvalue weighted by atomic mass is 10.00. The largest absolute Gasteiger partial charge is 0.361 e. The van der Waals surface area contributed by atoms with E-state index in [-0.39, 0.29) is 18.4 Å². The number of para-hydroxylation sites is 1. The number of aromatic nitrogens is 1. The molecule has 6 nitrogen and oxygen atoms in total. The highest BCUT2D eigenvalue weighted by Crippen LogP contribution is 2.32.